The third kappa shape index (κ3) is 4.93. The Kier molecular flexibility index (Phi) is 5.64. The molecular weight excluding hydrogens is 327 g/mol. The van der Waals surface area contributed by atoms with E-state index in [4.69, 9.17) is 0 Å². The Balaban J connectivity index is 1.64. The maximum atomic E-state index is 14.0. The van der Waals surface area contributed by atoms with E-state index in [1.165, 1.54) is 11.6 Å². The van der Waals surface area contributed by atoms with E-state index in [2.05, 4.69) is 16.7 Å². The third-order valence-electron chi connectivity index (χ3n) is 4.03. The molecule has 0 aliphatic heterocycles. The summed E-state index contributed by atoms with van der Waals surface area (Å²) in [6, 6.07) is 22.2. The second-order valence-corrected chi connectivity index (χ2v) is 6.25. The fourth-order valence-corrected chi connectivity index (χ4v) is 2.73. The van der Waals surface area contributed by atoms with Gasteiger partial charge >= 0.3 is 0 Å². The van der Waals surface area contributed by atoms with E-state index in [9.17, 15) is 9.18 Å². The smallest absolute Gasteiger partial charge is 0.228 e. The summed E-state index contributed by atoms with van der Waals surface area (Å²) in [5.74, 6) is -0.696. The molecule has 4 heteroatoms. The molecule has 2 N–H and O–H groups in total. The zero-order chi connectivity index (χ0) is 18.4. The van der Waals surface area contributed by atoms with E-state index >= 15 is 0 Å². The normalized spacial score (nSPS) is 10.4. The third-order valence-corrected chi connectivity index (χ3v) is 4.03. The Bertz CT molecular complexity index is 894. The van der Waals surface area contributed by atoms with Gasteiger partial charge in [0.2, 0.25) is 5.91 Å². The molecule has 0 bridgehead atoms. The van der Waals surface area contributed by atoms with E-state index in [0.717, 1.165) is 16.8 Å². The predicted molar refractivity (Wildman–Crippen MR) is 104 cm³/mol. The summed E-state index contributed by atoms with van der Waals surface area (Å²) in [4.78, 5) is 12.2. The highest BCUT2D eigenvalue weighted by atomic mass is 19.1. The van der Waals surface area contributed by atoms with Crippen LogP contribution in [0.15, 0.2) is 72.8 Å². The fourth-order valence-electron chi connectivity index (χ4n) is 2.73. The lowest BCUT2D eigenvalue weighted by molar-refractivity contribution is -0.115. The van der Waals surface area contributed by atoms with Gasteiger partial charge in [-0.3, -0.25) is 4.79 Å². The average molecular weight is 348 g/mol. The van der Waals surface area contributed by atoms with Crippen molar-refractivity contribution >= 4 is 17.3 Å². The topological polar surface area (TPSA) is 41.1 Å². The van der Waals surface area contributed by atoms with Crippen LogP contribution < -0.4 is 10.6 Å². The number of hydrogen-bond donors (Lipinski definition) is 2. The number of hydrogen-bond acceptors (Lipinski definition) is 2. The van der Waals surface area contributed by atoms with Crippen molar-refractivity contribution in [2.75, 3.05) is 10.6 Å². The van der Waals surface area contributed by atoms with Gasteiger partial charge in [-0.25, -0.2) is 4.39 Å². The molecular formula is C22H21FN2O. The van der Waals surface area contributed by atoms with E-state index < -0.39 is 5.82 Å². The SMILES string of the molecule is Cc1cccc(CNc2ccc(F)c(NC(=O)Cc3ccccc3)c2)c1. The Morgan fingerprint density at radius 2 is 1.69 bits per heavy atom. The van der Waals surface area contributed by atoms with E-state index in [1.54, 1.807) is 12.1 Å². The minimum atomic E-state index is -0.451. The highest BCUT2D eigenvalue weighted by Crippen LogP contribution is 2.21. The van der Waals surface area contributed by atoms with Gasteiger partial charge < -0.3 is 10.6 Å². The zero-order valence-corrected chi connectivity index (χ0v) is 14.6. The molecule has 3 rings (SSSR count). The van der Waals surface area contributed by atoms with Crippen LogP contribution >= 0.6 is 0 Å². The van der Waals surface area contributed by atoms with Gasteiger partial charge in [-0.1, -0.05) is 60.2 Å². The summed E-state index contributed by atoms with van der Waals surface area (Å²) in [7, 11) is 0. The molecule has 0 aromatic heterocycles. The van der Waals surface area contributed by atoms with Crippen molar-refractivity contribution in [3.05, 3.63) is 95.3 Å². The Labute approximate surface area is 152 Å². The van der Waals surface area contributed by atoms with Crippen LogP contribution in [0, 0.1) is 12.7 Å². The summed E-state index contributed by atoms with van der Waals surface area (Å²) in [5.41, 5.74) is 4.16. The van der Waals surface area contributed by atoms with Crippen LogP contribution in [0.2, 0.25) is 0 Å². The van der Waals surface area contributed by atoms with Crippen molar-refractivity contribution in [3.63, 3.8) is 0 Å². The average Bonchev–Trinajstić information content (AvgIpc) is 2.63. The number of aryl methyl sites for hydroxylation is 1. The Morgan fingerprint density at radius 3 is 2.46 bits per heavy atom. The molecule has 3 aromatic carbocycles. The minimum absolute atomic E-state index is 0.181. The molecule has 0 heterocycles. The Morgan fingerprint density at radius 1 is 0.923 bits per heavy atom. The van der Waals surface area contributed by atoms with Gasteiger partial charge in [-0.2, -0.15) is 0 Å². The van der Waals surface area contributed by atoms with Crippen molar-refractivity contribution in [1.29, 1.82) is 0 Å². The molecule has 0 fully saturated rings. The molecule has 0 saturated heterocycles. The van der Waals surface area contributed by atoms with Crippen LogP contribution in [0.5, 0.6) is 0 Å². The molecule has 3 nitrogen and oxygen atoms in total. The summed E-state index contributed by atoms with van der Waals surface area (Å²) >= 11 is 0. The number of nitrogens with one attached hydrogen (secondary N) is 2. The quantitative estimate of drug-likeness (QED) is 0.663. The highest BCUT2D eigenvalue weighted by molar-refractivity contribution is 5.92. The highest BCUT2D eigenvalue weighted by Gasteiger charge is 2.09. The van der Waals surface area contributed by atoms with E-state index in [-0.39, 0.29) is 18.0 Å². The fraction of sp³-hybridized carbons (Fsp3) is 0.136. The van der Waals surface area contributed by atoms with Gasteiger partial charge in [0.15, 0.2) is 0 Å². The van der Waals surface area contributed by atoms with Gasteiger partial charge in [-0.15, -0.1) is 0 Å². The number of benzene rings is 3. The second kappa shape index (κ2) is 8.30. The van der Waals surface area contributed by atoms with E-state index in [0.29, 0.717) is 6.54 Å². The number of anilines is 2. The largest absolute Gasteiger partial charge is 0.381 e. The lowest BCUT2D eigenvalue weighted by atomic mass is 10.1. The molecule has 0 atom stereocenters. The van der Waals surface area contributed by atoms with Crippen LogP contribution in [-0.2, 0) is 17.8 Å². The summed E-state index contributed by atoms with van der Waals surface area (Å²) in [6.07, 6.45) is 0.210. The first-order valence-electron chi connectivity index (χ1n) is 8.53. The molecule has 0 radical (unpaired) electrons. The van der Waals surface area contributed by atoms with Crippen LogP contribution in [-0.4, -0.2) is 5.91 Å². The molecule has 26 heavy (non-hydrogen) atoms. The first-order valence-corrected chi connectivity index (χ1v) is 8.53. The lowest BCUT2D eigenvalue weighted by Crippen LogP contribution is -2.15. The molecule has 0 aliphatic carbocycles. The van der Waals surface area contributed by atoms with E-state index in [1.807, 2.05) is 55.5 Å². The van der Waals surface area contributed by atoms with Gasteiger partial charge in [-0.05, 0) is 36.2 Å². The summed E-state index contributed by atoms with van der Waals surface area (Å²) < 4.78 is 14.0. The van der Waals surface area contributed by atoms with Crippen LogP contribution in [0.1, 0.15) is 16.7 Å². The summed E-state index contributed by atoms with van der Waals surface area (Å²) in [6.45, 7) is 2.67. The van der Waals surface area contributed by atoms with Crippen LogP contribution in [0.3, 0.4) is 0 Å². The molecule has 0 aliphatic rings. The second-order valence-electron chi connectivity index (χ2n) is 6.25. The van der Waals surface area contributed by atoms with Crippen LogP contribution in [0.4, 0.5) is 15.8 Å². The number of carbonyl (C=O) groups excluding carboxylic acids is 1. The van der Waals surface area contributed by atoms with Crippen molar-refractivity contribution in [1.82, 2.24) is 0 Å². The monoisotopic (exact) mass is 348 g/mol. The van der Waals surface area contributed by atoms with Crippen molar-refractivity contribution in [3.8, 4) is 0 Å². The molecule has 0 unspecified atom stereocenters. The number of rotatable bonds is 6. The molecule has 132 valence electrons. The Hall–Kier alpha value is -3.14. The molecule has 1 amide bonds. The maximum absolute atomic E-state index is 14.0. The first-order chi connectivity index (χ1) is 12.6. The number of carbonyl (C=O) groups is 1. The maximum Gasteiger partial charge on any atom is 0.228 e. The molecule has 0 saturated carbocycles. The van der Waals surface area contributed by atoms with Gasteiger partial charge in [0.1, 0.15) is 5.82 Å². The van der Waals surface area contributed by atoms with Crippen LogP contribution in [0.25, 0.3) is 0 Å². The zero-order valence-electron chi connectivity index (χ0n) is 14.6. The molecule has 3 aromatic rings. The number of amides is 1. The van der Waals surface area contributed by atoms with Crippen molar-refractivity contribution in [2.45, 2.75) is 19.9 Å². The van der Waals surface area contributed by atoms with Gasteiger partial charge in [0, 0.05) is 12.2 Å². The standard InChI is InChI=1S/C22H21FN2O/c1-16-6-5-9-18(12-16)15-24-19-10-11-20(23)21(14-19)25-22(26)13-17-7-3-2-4-8-17/h2-12,14,24H,13,15H2,1H3,(H,25,26). The first kappa shape index (κ1) is 17.7. The predicted octanol–water partition coefficient (Wildman–Crippen LogP) is 4.93. The van der Waals surface area contributed by atoms with Gasteiger partial charge in [0.05, 0.1) is 12.1 Å². The number of halogens is 1. The van der Waals surface area contributed by atoms with Crippen molar-refractivity contribution < 1.29 is 9.18 Å². The van der Waals surface area contributed by atoms with Crippen molar-refractivity contribution in [2.24, 2.45) is 0 Å². The summed E-state index contributed by atoms with van der Waals surface area (Å²) in [5, 5.41) is 5.91. The lowest BCUT2D eigenvalue weighted by Gasteiger charge is -2.11. The minimum Gasteiger partial charge on any atom is -0.381 e. The molecule has 0 spiro atoms. The van der Waals surface area contributed by atoms with Gasteiger partial charge in [0.25, 0.3) is 0 Å².